The van der Waals surface area contributed by atoms with Crippen LogP contribution in [-0.4, -0.2) is 44.0 Å². The summed E-state index contributed by atoms with van der Waals surface area (Å²) in [7, 11) is 0. The highest BCUT2D eigenvalue weighted by atomic mass is 16.3. The van der Waals surface area contributed by atoms with Gasteiger partial charge in [-0.2, -0.15) is 0 Å². The zero-order chi connectivity index (χ0) is 26.6. The van der Waals surface area contributed by atoms with Crippen LogP contribution in [-0.2, 0) is 4.79 Å². The molecule has 2 aromatic carbocycles. The van der Waals surface area contributed by atoms with E-state index in [1.807, 2.05) is 44.2 Å². The molecule has 38 heavy (non-hydrogen) atoms. The molecule has 0 radical (unpaired) electrons. The SMILES string of the molecule is Cc1nc(N[C@@H](C)c2cccc(-c3cnc(NCC(=O)CO)nc3)c2)cc(-c2ccc3occ(C)c3c2)n1. The van der Waals surface area contributed by atoms with Crippen molar-refractivity contribution < 1.29 is 14.3 Å². The van der Waals surface area contributed by atoms with E-state index in [4.69, 9.17) is 9.52 Å². The van der Waals surface area contributed by atoms with Gasteiger partial charge >= 0.3 is 0 Å². The molecule has 0 bridgehead atoms. The van der Waals surface area contributed by atoms with Gasteiger partial charge in [-0.05, 0) is 61.7 Å². The Morgan fingerprint density at radius 2 is 1.82 bits per heavy atom. The second kappa shape index (κ2) is 10.8. The summed E-state index contributed by atoms with van der Waals surface area (Å²) in [5.41, 5.74) is 6.69. The molecule has 1 atom stereocenters. The van der Waals surface area contributed by atoms with E-state index in [9.17, 15) is 4.79 Å². The van der Waals surface area contributed by atoms with Gasteiger partial charge in [-0.15, -0.1) is 0 Å². The smallest absolute Gasteiger partial charge is 0.222 e. The van der Waals surface area contributed by atoms with Crippen LogP contribution in [0.4, 0.5) is 11.8 Å². The molecule has 5 aromatic rings. The molecule has 9 heteroatoms. The number of rotatable bonds is 9. The first-order valence-electron chi connectivity index (χ1n) is 12.3. The molecule has 3 aromatic heterocycles. The van der Waals surface area contributed by atoms with Crippen molar-refractivity contribution in [2.24, 2.45) is 0 Å². The molecule has 192 valence electrons. The molecule has 0 aliphatic rings. The Bertz CT molecular complexity index is 1600. The molecule has 0 saturated carbocycles. The van der Waals surface area contributed by atoms with Crippen LogP contribution in [0.2, 0.25) is 0 Å². The fourth-order valence-electron chi connectivity index (χ4n) is 4.20. The lowest BCUT2D eigenvalue weighted by atomic mass is 10.0. The molecule has 0 spiro atoms. The lowest BCUT2D eigenvalue weighted by molar-refractivity contribution is -0.120. The monoisotopic (exact) mass is 508 g/mol. The first-order chi connectivity index (χ1) is 18.4. The second-order valence-corrected chi connectivity index (χ2v) is 9.15. The summed E-state index contributed by atoms with van der Waals surface area (Å²) in [5.74, 6) is 1.43. The Labute approximate surface area is 220 Å². The molecule has 9 nitrogen and oxygen atoms in total. The molecule has 3 N–H and O–H groups in total. The highest BCUT2D eigenvalue weighted by Gasteiger charge is 2.12. The van der Waals surface area contributed by atoms with Gasteiger partial charge in [0.1, 0.15) is 23.8 Å². The van der Waals surface area contributed by atoms with Crippen LogP contribution in [0, 0.1) is 13.8 Å². The lowest BCUT2D eigenvalue weighted by Crippen LogP contribution is -2.18. The van der Waals surface area contributed by atoms with Crippen LogP contribution in [0.15, 0.2) is 71.6 Å². The number of aliphatic hydroxyl groups is 1. The number of hydrogen-bond donors (Lipinski definition) is 3. The van der Waals surface area contributed by atoms with Crippen LogP contribution in [0.3, 0.4) is 0 Å². The summed E-state index contributed by atoms with van der Waals surface area (Å²) in [6.07, 6.45) is 5.17. The number of fused-ring (bicyclic) bond motifs is 1. The van der Waals surface area contributed by atoms with E-state index in [1.54, 1.807) is 18.7 Å². The Balaban J connectivity index is 1.33. The van der Waals surface area contributed by atoms with Gasteiger partial charge in [0.15, 0.2) is 5.78 Å². The number of nitrogens with one attached hydrogen (secondary N) is 2. The Morgan fingerprint density at radius 3 is 2.61 bits per heavy atom. The third-order valence-electron chi connectivity index (χ3n) is 6.26. The topological polar surface area (TPSA) is 126 Å². The number of aromatic nitrogens is 4. The molecule has 0 fully saturated rings. The van der Waals surface area contributed by atoms with Gasteiger partial charge in [0.2, 0.25) is 5.95 Å². The minimum atomic E-state index is -0.513. The van der Waals surface area contributed by atoms with Crippen molar-refractivity contribution in [2.75, 3.05) is 23.8 Å². The number of Topliss-reactive ketones (excluding diaryl/α,β-unsaturated/α-hetero) is 1. The number of aliphatic hydroxyl groups excluding tert-OH is 1. The highest BCUT2D eigenvalue weighted by molar-refractivity contribution is 5.86. The number of aryl methyl sites for hydroxylation is 2. The van der Waals surface area contributed by atoms with Gasteiger partial charge in [0.05, 0.1) is 18.5 Å². The van der Waals surface area contributed by atoms with Crippen molar-refractivity contribution in [2.45, 2.75) is 26.8 Å². The maximum absolute atomic E-state index is 11.3. The first-order valence-corrected chi connectivity index (χ1v) is 12.3. The number of furan rings is 1. The lowest BCUT2D eigenvalue weighted by Gasteiger charge is -2.17. The van der Waals surface area contributed by atoms with Crippen molar-refractivity contribution in [3.05, 3.63) is 84.1 Å². The minimum absolute atomic E-state index is 0.0175. The zero-order valence-electron chi connectivity index (χ0n) is 21.4. The number of anilines is 2. The molecule has 0 saturated heterocycles. The van der Waals surface area contributed by atoms with Crippen LogP contribution < -0.4 is 10.6 Å². The molecule has 0 amide bonds. The van der Waals surface area contributed by atoms with Crippen LogP contribution in [0.1, 0.15) is 29.9 Å². The first kappa shape index (κ1) is 25.0. The summed E-state index contributed by atoms with van der Waals surface area (Å²) in [6.45, 7) is 5.47. The Kier molecular flexibility index (Phi) is 7.10. The molecule has 5 rings (SSSR count). The average Bonchev–Trinajstić information content (AvgIpc) is 3.31. The summed E-state index contributed by atoms with van der Waals surface area (Å²) >= 11 is 0. The van der Waals surface area contributed by atoms with Crippen LogP contribution in [0.25, 0.3) is 33.4 Å². The van der Waals surface area contributed by atoms with Crippen LogP contribution >= 0.6 is 0 Å². The second-order valence-electron chi connectivity index (χ2n) is 9.15. The standard InChI is InChI=1S/C29H28N6O3/c1-17-16-38-27-8-7-22(10-25(17)27)26-11-28(35-19(3)34-26)33-18(2)20-5-4-6-21(9-20)23-12-30-29(31-13-23)32-14-24(37)15-36/h4-13,16,18,36H,14-15H2,1-3H3,(H,30,31,32)(H,33,34,35)/t18-/m0/s1. The third kappa shape index (κ3) is 5.52. The predicted octanol–water partition coefficient (Wildman–Crippen LogP) is 5.11. The molecule has 0 unspecified atom stereocenters. The summed E-state index contributed by atoms with van der Waals surface area (Å²) in [4.78, 5) is 29.1. The number of nitrogens with zero attached hydrogens (tertiary/aromatic N) is 4. The van der Waals surface area contributed by atoms with Gasteiger partial charge in [0, 0.05) is 41.0 Å². The van der Waals surface area contributed by atoms with Crippen molar-refractivity contribution in [3.8, 4) is 22.4 Å². The number of hydrogen-bond acceptors (Lipinski definition) is 9. The van der Waals surface area contributed by atoms with E-state index >= 15 is 0 Å². The van der Waals surface area contributed by atoms with Gasteiger partial charge in [-0.25, -0.2) is 19.9 Å². The molecule has 3 heterocycles. The molecular formula is C29H28N6O3. The number of carbonyl (C=O) groups excluding carboxylic acids is 1. The minimum Gasteiger partial charge on any atom is -0.464 e. The van der Waals surface area contributed by atoms with Gasteiger partial charge in [-0.3, -0.25) is 4.79 Å². The zero-order valence-corrected chi connectivity index (χ0v) is 21.4. The molecular weight excluding hydrogens is 480 g/mol. The molecule has 0 aliphatic carbocycles. The summed E-state index contributed by atoms with van der Waals surface area (Å²) in [6, 6.07) is 16.2. The van der Waals surface area contributed by atoms with Crippen molar-refractivity contribution in [1.82, 2.24) is 19.9 Å². The third-order valence-corrected chi connectivity index (χ3v) is 6.26. The van der Waals surface area contributed by atoms with Gasteiger partial charge in [0.25, 0.3) is 0 Å². The van der Waals surface area contributed by atoms with Crippen molar-refractivity contribution >= 4 is 28.5 Å². The van der Waals surface area contributed by atoms with Gasteiger partial charge < -0.3 is 20.2 Å². The van der Waals surface area contributed by atoms with Crippen LogP contribution in [0.5, 0.6) is 0 Å². The quantitative estimate of drug-likeness (QED) is 0.249. The summed E-state index contributed by atoms with van der Waals surface area (Å²) in [5, 5.41) is 16.2. The highest BCUT2D eigenvalue weighted by Crippen LogP contribution is 2.29. The number of ketones is 1. The number of carbonyl (C=O) groups is 1. The maximum Gasteiger partial charge on any atom is 0.222 e. The maximum atomic E-state index is 11.3. The summed E-state index contributed by atoms with van der Waals surface area (Å²) < 4.78 is 5.58. The Hall–Kier alpha value is -4.63. The normalized spacial score (nSPS) is 11.9. The van der Waals surface area contributed by atoms with E-state index in [0.717, 1.165) is 50.3 Å². The largest absolute Gasteiger partial charge is 0.464 e. The van der Waals surface area contributed by atoms with E-state index < -0.39 is 6.61 Å². The average molecular weight is 509 g/mol. The fourth-order valence-corrected chi connectivity index (χ4v) is 4.20. The van der Waals surface area contributed by atoms with E-state index in [2.05, 4.69) is 55.7 Å². The van der Waals surface area contributed by atoms with Crippen molar-refractivity contribution in [1.29, 1.82) is 0 Å². The van der Waals surface area contributed by atoms with Gasteiger partial charge in [-0.1, -0.05) is 18.2 Å². The Morgan fingerprint density at radius 1 is 1.00 bits per heavy atom. The van der Waals surface area contributed by atoms with E-state index in [0.29, 0.717) is 11.8 Å². The molecule has 0 aliphatic heterocycles. The van der Waals surface area contributed by atoms with E-state index in [1.165, 1.54) is 0 Å². The number of benzene rings is 2. The predicted molar refractivity (Wildman–Crippen MR) is 147 cm³/mol. The van der Waals surface area contributed by atoms with E-state index in [-0.39, 0.29) is 18.4 Å². The van der Waals surface area contributed by atoms with Crippen molar-refractivity contribution in [3.63, 3.8) is 0 Å². The fraction of sp³-hybridized carbons (Fsp3) is 0.207.